The van der Waals surface area contributed by atoms with Gasteiger partial charge >= 0.3 is 0 Å². The van der Waals surface area contributed by atoms with Gasteiger partial charge in [-0.05, 0) is 25.0 Å². The Kier molecular flexibility index (Phi) is 2.48. The zero-order valence-electron chi connectivity index (χ0n) is 11.3. The maximum Gasteiger partial charge on any atom is 0.163 e. The van der Waals surface area contributed by atoms with Gasteiger partial charge < -0.3 is 9.88 Å². The van der Waals surface area contributed by atoms with Crippen molar-refractivity contribution in [2.24, 2.45) is 7.05 Å². The van der Waals surface area contributed by atoms with Crippen LogP contribution in [0.3, 0.4) is 0 Å². The van der Waals surface area contributed by atoms with Gasteiger partial charge in [-0.1, -0.05) is 0 Å². The molecule has 0 amide bonds. The van der Waals surface area contributed by atoms with E-state index in [1.807, 2.05) is 25.5 Å². The molecule has 1 fully saturated rings. The Morgan fingerprint density at radius 3 is 3.15 bits per heavy atom. The number of aromatic nitrogens is 5. The van der Waals surface area contributed by atoms with Crippen LogP contribution in [0.2, 0.25) is 0 Å². The summed E-state index contributed by atoms with van der Waals surface area (Å²) < 4.78 is 1.79. The second-order valence-electron chi connectivity index (χ2n) is 5.18. The summed E-state index contributed by atoms with van der Waals surface area (Å²) in [4.78, 5) is 14.5. The lowest BCUT2D eigenvalue weighted by Crippen LogP contribution is -2.24. The number of aryl methyl sites for hydroxylation is 1. The number of hydrogen-bond acceptors (Lipinski definition) is 4. The SMILES string of the molecule is Cn1ncc2c(N3CCCC3c3ccc[nH]3)ncnc21. The van der Waals surface area contributed by atoms with E-state index in [2.05, 4.69) is 31.0 Å². The van der Waals surface area contributed by atoms with E-state index >= 15 is 0 Å². The Morgan fingerprint density at radius 2 is 2.30 bits per heavy atom. The van der Waals surface area contributed by atoms with Gasteiger partial charge in [-0.25, -0.2) is 9.97 Å². The van der Waals surface area contributed by atoms with Gasteiger partial charge in [-0.2, -0.15) is 5.10 Å². The summed E-state index contributed by atoms with van der Waals surface area (Å²) in [6.07, 6.45) is 7.78. The first-order valence-electron chi connectivity index (χ1n) is 6.87. The van der Waals surface area contributed by atoms with Gasteiger partial charge in [0, 0.05) is 25.5 Å². The zero-order chi connectivity index (χ0) is 13.5. The lowest BCUT2D eigenvalue weighted by Gasteiger charge is -2.25. The number of hydrogen-bond donors (Lipinski definition) is 1. The molecule has 0 bridgehead atoms. The Labute approximate surface area is 116 Å². The highest BCUT2D eigenvalue weighted by molar-refractivity contribution is 5.86. The van der Waals surface area contributed by atoms with Crippen LogP contribution in [-0.2, 0) is 7.05 Å². The molecule has 0 spiro atoms. The predicted molar refractivity (Wildman–Crippen MR) is 76.4 cm³/mol. The molecule has 1 aliphatic heterocycles. The standard InChI is InChI=1S/C14H16N6/c1-19-13-10(8-18-19)14(17-9-16-13)20-7-3-5-12(20)11-4-2-6-15-11/h2,4,6,8-9,12,15H,3,5,7H2,1H3. The number of nitrogens with zero attached hydrogens (tertiary/aromatic N) is 5. The highest BCUT2D eigenvalue weighted by atomic mass is 15.3. The molecule has 1 N–H and O–H groups in total. The Balaban J connectivity index is 1.82. The van der Waals surface area contributed by atoms with Crippen LogP contribution in [0.4, 0.5) is 5.82 Å². The molecule has 20 heavy (non-hydrogen) atoms. The van der Waals surface area contributed by atoms with E-state index in [0.29, 0.717) is 6.04 Å². The minimum absolute atomic E-state index is 0.364. The summed E-state index contributed by atoms with van der Waals surface area (Å²) in [5.74, 6) is 0.986. The lowest BCUT2D eigenvalue weighted by atomic mass is 10.1. The van der Waals surface area contributed by atoms with Gasteiger partial charge in [-0.15, -0.1) is 0 Å². The maximum atomic E-state index is 4.51. The topological polar surface area (TPSA) is 62.6 Å². The van der Waals surface area contributed by atoms with Crippen LogP contribution < -0.4 is 4.90 Å². The van der Waals surface area contributed by atoms with Gasteiger partial charge in [0.25, 0.3) is 0 Å². The molecular formula is C14H16N6. The van der Waals surface area contributed by atoms with E-state index < -0.39 is 0 Å². The molecule has 3 aromatic rings. The Morgan fingerprint density at radius 1 is 1.35 bits per heavy atom. The molecule has 6 heteroatoms. The second-order valence-corrected chi connectivity index (χ2v) is 5.18. The number of aromatic amines is 1. The summed E-state index contributed by atoms with van der Waals surface area (Å²) in [6.45, 7) is 1.02. The van der Waals surface area contributed by atoms with Gasteiger partial charge in [-0.3, -0.25) is 4.68 Å². The number of nitrogens with one attached hydrogen (secondary N) is 1. The van der Waals surface area contributed by atoms with E-state index in [1.54, 1.807) is 11.0 Å². The van der Waals surface area contributed by atoms with Crippen LogP contribution in [0.1, 0.15) is 24.6 Å². The van der Waals surface area contributed by atoms with Crippen LogP contribution in [-0.4, -0.2) is 31.3 Å². The van der Waals surface area contributed by atoms with Crippen molar-refractivity contribution in [2.75, 3.05) is 11.4 Å². The van der Waals surface area contributed by atoms with E-state index in [-0.39, 0.29) is 0 Å². The number of rotatable bonds is 2. The zero-order valence-corrected chi connectivity index (χ0v) is 11.3. The summed E-state index contributed by atoms with van der Waals surface area (Å²) >= 11 is 0. The van der Waals surface area contributed by atoms with Crippen molar-refractivity contribution < 1.29 is 0 Å². The smallest absolute Gasteiger partial charge is 0.163 e. The molecule has 102 valence electrons. The summed E-state index contributed by atoms with van der Waals surface area (Å²) in [7, 11) is 1.91. The van der Waals surface area contributed by atoms with Crippen molar-refractivity contribution in [2.45, 2.75) is 18.9 Å². The minimum atomic E-state index is 0.364. The molecular weight excluding hydrogens is 252 g/mol. The molecule has 1 aliphatic rings. The van der Waals surface area contributed by atoms with Crippen LogP contribution >= 0.6 is 0 Å². The van der Waals surface area contributed by atoms with Crippen LogP contribution in [0.15, 0.2) is 30.9 Å². The van der Waals surface area contributed by atoms with E-state index in [0.717, 1.165) is 29.8 Å². The van der Waals surface area contributed by atoms with Gasteiger partial charge in [0.1, 0.15) is 12.1 Å². The molecule has 1 atom stereocenters. The third kappa shape index (κ3) is 1.61. The van der Waals surface area contributed by atoms with E-state index in [9.17, 15) is 0 Å². The Bertz CT molecular complexity index is 729. The monoisotopic (exact) mass is 268 g/mol. The first-order valence-corrected chi connectivity index (χ1v) is 6.87. The van der Waals surface area contributed by atoms with Gasteiger partial charge in [0.2, 0.25) is 0 Å². The number of fused-ring (bicyclic) bond motifs is 1. The van der Waals surface area contributed by atoms with Crippen molar-refractivity contribution in [3.05, 3.63) is 36.5 Å². The highest BCUT2D eigenvalue weighted by Crippen LogP contribution is 2.36. The molecule has 3 aromatic heterocycles. The normalized spacial score (nSPS) is 19.1. The maximum absolute atomic E-state index is 4.51. The second kappa shape index (κ2) is 4.33. The average molecular weight is 268 g/mol. The molecule has 0 saturated carbocycles. The average Bonchev–Trinajstić information content (AvgIpc) is 3.18. The fourth-order valence-corrected chi connectivity index (χ4v) is 3.07. The fraction of sp³-hybridized carbons (Fsp3) is 0.357. The molecule has 4 heterocycles. The predicted octanol–water partition coefficient (Wildman–Crippen LogP) is 2.03. The molecule has 4 rings (SSSR count). The minimum Gasteiger partial charge on any atom is -0.363 e. The van der Waals surface area contributed by atoms with Crippen LogP contribution in [0, 0.1) is 0 Å². The number of anilines is 1. The van der Waals surface area contributed by atoms with E-state index in [4.69, 9.17) is 0 Å². The van der Waals surface area contributed by atoms with Crippen LogP contribution in [0.5, 0.6) is 0 Å². The molecule has 1 saturated heterocycles. The quantitative estimate of drug-likeness (QED) is 0.772. The lowest BCUT2D eigenvalue weighted by molar-refractivity contribution is 0.694. The molecule has 0 aromatic carbocycles. The first kappa shape index (κ1) is 11.5. The molecule has 6 nitrogen and oxygen atoms in total. The highest BCUT2D eigenvalue weighted by Gasteiger charge is 2.29. The number of H-pyrrole nitrogens is 1. The summed E-state index contributed by atoms with van der Waals surface area (Å²) in [6, 6.07) is 4.55. The third-order valence-electron chi connectivity index (χ3n) is 4.01. The van der Waals surface area contributed by atoms with Crippen LogP contribution in [0.25, 0.3) is 11.0 Å². The third-order valence-corrected chi connectivity index (χ3v) is 4.01. The van der Waals surface area contributed by atoms with Crippen molar-refractivity contribution in [1.29, 1.82) is 0 Å². The van der Waals surface area contributed by atoms with Crippen molar-refractivity contribution >= 4 is 16.9 Å². The molecule has 1 unspecified atom stereocenters. The van der Waals surface area contributed by atoms with Crippen molar-refractivity contribution in [1.82, 2.24) is 24.7 Å². The van der Waals surface area contributed by atoms with Crippen molar-refractivity contribution in [3.8, 4) is 0 Å². The molecule has 0 radical (unpaired) electrons. The van der Waals surface area contributed by atoms with Gasteiger partial charge in [0.05, 0.1) is 17.6 Å². The summed E-state index contributed by atoms with van der Waals surface area (Å²) in [5.41, 5.74) is 2.13. The summed E-state index contributed by atoms with van der Waals surface area (Å²) in [5, 5.41) is 5.32. The molecule has 0 aliphatic carbocycles. The largest absolute Gasteiger partial charge is 0.363 e. The van der Waals surface area contributed by atoms with E-state index in [1.165, 1.54) is 12.1 Å². The fourth-order valence-electron chi connectivity index (χ4n) is 3.07. The van der Waals surface area contributed by atoms with Crippen molar-refractivity contribution in [3.63, 3.8) is 0 Å². The van der Waals surface area contributed by atoms with Gasteiger partial charge in [0.15, 0.2) is 5.65 Å². The Hall–Kier alpha value is -2.37. The first-order chi connectivity index (χ1) is 9.84.